The van der Waals surface area contributed by atoms with Crippen molar-refractivity contribution in [1.29, 1.82) is 0 Å². The summed E-state index contributed by atoms with van der Waals surface area (Å²) in [4.78, 5) is 4.12. The largest absolute Gasteiger partial charge is 0.382 e. The molecule has 0 aliphatic rings. The van der Waals surface area contributed by atoms with E-state index >= 15 is 0 Å². The van der Waals surface area contributed by atoms with Crippen LogP contribution in [0.25, 0.3) is 11.3 Å². The van der Waals surface area contributed by atoms with Crippen LogP contribution in [0.5, 0.6) is 0 Å². The third kappa shape index (κ3) is 1.86. The summed E-state index contributed by atoms with van der Waals surface area (Å²) in [6.07, 6.45) is 0. The Labute approximate surface area is 94.6 Å². The lowest BCUT2D eigenvalue weighted by atomic mass is 10.0. The standard InChI is InChI=1S/C12H14N4/c1-7-4-5-10(8(2)6-7)11-12(13)14-9(3)15-16-11/h4-6H,1-3H3,(H2,13,14,15). The molecule has 0 saturated heterocycles. The van der Waals surface area contributed by atoms with Crippen LogP contribution in [0, 0.1) is 20.8 Å². The average Bonchev–Trinajstić information content (AvgIpc) is 2.19. The summed E-state index contributed by atoms with van der Waals surface area (Å²) >= 11 is 0. The molecule has 2 rings (SSSR count). The first-order valence-electron chi connectivity index (χ1n) is 5.12. The molecule has 0 saturated carbocycles. The smallest absolute Gasteiger partial charge is 0.154 e. The Hall–Kier alpha value is -1.97. The molecular formula is C12H14N4. The van der Waals surface area contributed by atoms with Gasteiger partial charge in [-0.3, -0.25) is 0 Å². The number of nitrogens with two attached hydrogens (primary N) is 1. The maximum absolute atomic E-state index is 5.85. The molecular weight excluding hydrogens is 200 g/mol. The van der Waals surface area contributed by atoms with Crippen LogP contribution in [0.1, 0.15) is 17.0 Å². The lowest BCUT2D eigenvalue weighted by molar-refractivity contribution is 0.919. The predicted octanol–water partition coefficient (Wildman–Crippen LogP) is 2.05. The number of anilines is 1. The Kier molecular flexibility index (Phi) is 2.56. The number of aryl methyl sites for hydroxylation is 3. The second-order valence-electron chi connectivity index (χ2n) is 3.91. The van der Waals surface area contributed by atoms with Crippen LogP contribution >= 0.6 is 0 Å². The first kappa shape index (κ1) is 10.5. The van der Waals surface area contributed by atoms with Crippen LogP contribution in [0.15, 0.2) is 18.2 Å². The first-order chi connectivity index (χ1) is 7.58. The van der Waals surface area contributed by atoms with Crippen molar-refractivity contribution in [3.63, 3.8) is 0 Å². The lowest BCUT2D eigenvalue weighted by Gasteiger charge is -2.07. The average molecular weight is 214 g/mol. The molecule has 0 aliphatic carbocycles. The number of aromatic nitrogens is 3. The van der Waals surface area contributed by atoms with Gasteiger partial charge in [0, 0.05) is 5.56 Å². The number of hydrogen-bond donors (Lipinski definition) is 1. The summed E-state index contributed by atoms with van der Waals surface area (Å²) in [5.74, 6) is 1.02. The Morgan fingerprint density at radius 1 is 1.06 bits per heavy atom. The van der Waals surface area contributed by atoms with Gasteiger partial charge in [0.2, 0.25) is 0 Å². The number of hydrogen-bond acceptors (Lipinski definition) is 4. The molecule has 0 fully saturated rings. The number of benzene rings is 1. The Morgan fingerprint density at radius 3 is 2.44 bits per heavy atom. The molecule has 0 amide bonds. The van der Waals surface area contributed by atoms with Gasteiger partial charge in [0.1, 0.15) is 11.5 Å². The van der Waals surface area contributed by atoms with Crippen molar-refractivity contribution >= 4 is 5.82 Å². The molecule has 4 nitrogen and oxygen atoms in total. The second kappa shape index (κ2) is 3.89. The van der Waals surface area contributed by atoms with Gasteiger partial charge in [-0.15, -0.1) is 10.2 Å². The molecule has 1 aromatic carbocycles. The highest BCUT2D eigenvalue weighted by Crippen LogP contribution is 2.25. The summed E-state index contributed by atoms with van der Waals surface area (Å²) in [5, 5.41) is 8.04. The molecule has 0 unspecified atom stereocenters. The van der Waals surface area contributed by atoms with E-state index in [0.717, 1.165) is 11.1 Å². The maximum Gasteiger partial charge on any atom is 0.154 e. The molecule has 2 aromatic rings. The molecule has 2 N–H and O–H groups in total. The number of nitrogens with zero attached hydrogens (tertiary/aromatic N) is 3. The van der Waals surface area contributed by atoms with Crippen molar-refractivity contribution in [3.05, 3.63) is 35.2 Å². The van der Waals surface area contributed by atoms with Gasteiger partial charge in [-0.1, -0.05) is 23.8 Å². The topological polar surface area (TPSA) is 64.7 Å². The minimum atomic E-state index is 0.430. The summed E-state index contributed by atoms with van der Waals surface area (Å²) in [5.41, 5.74) is 9.84. The third-order valence-corrected chi connectivity index (χ3v) is 2.46. The van der Waals surface area contributed by atoms with Crippen molar-refractivity contribution in [2.75, 3.05) is 5.73 Å². The molecule has 0 radical (unpaired) electrons. The van der Waals surface area contributed by atoms with E-state index in [1.54, 1.807) is 6.92 Å². The Bertz CT molecular complexity index is 485. The van der Waals surface area contributed by atoms with Gasteiger partial charge in [-0.05, 0) is 26.3 Å². The van der Waals surface area contributed by atoms with Crippen LogP contribution in [0.2, 0.25) is 0 Å². The molecule has 0 aliphatic heterocycles. The zero-order chi connectivity index (χ0) is 11.7. The van der Waals surface area contributed by atoms with E-state index in [-0.39, 0.29) is 0 Å². The van der Waals surface area contributed by atoms with Crippen LogP contribution in [-0.4, -0.2) is 15.2 Å². The van der Waals surface area contributed by atoms with Gasteiger partial charge in [0.05, 0.1) is 0 Å². The van der Waals surface area contributed by atoms with Gasteiger partial charge in [-0.2, -0.15) is 0 Å². The highest BCUT2D eigenvalue weighted by Gasteiger charge is 2.09. The van der Waals surface area contributed by atoms with Crippen molar-refractivity contribution in [3.8, 4) is 11.3 Å². The van der Waals surface area contributed by atoms with Gasteiger partial charge in [-0.25, -0.2) is 4.98 Å². The molecule has 16 heavy (non-hydrogen) atoms. The van der Waals surface area contributed by atoms with Crippen molar-refractivity contribution in [2.24, 2.45) is 0 Å². The maximum atomic E-state index is 5.85. The highest BCUT2D eigenvalue weighted by molar-refractivity contribution is 5.72. The Balaban J connectivity index is 2.59. The van der Waals surface area contributed by atoms with E-state index < -0.39 is 0 Å². The third-order valence-electron chi connectivity index (χ3n) is 2.46. The van der Waals surface area contributed by atoms with Crippen molar-refractivity contribution in [2.45, 2.75) is 20.8 Å². The van der Waals surface area contributed by atoms with E-state index in [1.807, 2.05) is 19.1 Å². The zero-order valence-electron chi connectivity index (χ0n) is 9.65. The quantitative estimate of drug-likeness (QED) is 0.789. The first-order valence-corrected chi connectivity index (χ1v) is 5.12. The van der Waals surface area contributed by atoms with E-state index in [4.69, 9.17) is 5.73 Å². The molecule has 0 spiro atoms. The van der Waals surface area contributed by atoms with E-state index in [9.17, 15) is 0 Å². The molecule has 1 aromatic heterocycles. The molecule has 1 heterocycles. The van der Waals surface area contributed by atoms with Crippen LogP contribution in [0.4, 0.5) is 5.82 Å². The summed E-state index contributed by atoms with van der Waals surface area (Å²) in [6.45, 7) is 5.86. The number of nitrogen functional groups attached to an aromatic ring is 1. The minimum absolute atomic E-state index is 0.430. The lowest BCUT2D eigenvalue weighted by Crippen LogP contribution is -2.02. The van der Waals surface area contributed by atoms with Gasteiger partial charge in [0.15, 0.2) is 5.82 Å². The summed E-state index contributed by atoms with van der Waals surface area (Å²) in [7, 11) is 0. The summed E-state index contributed by atoms with van der Waals surface area (Å²) < 4.78 is 0. The minimum Gasteiger partial charge on any atom is -0.382 e. The zero-order valence-corrected chi connectivity index (χ0v) is 9.65. The summed E-state index contributed by atoms with van der Waals surface area (Å²) in [6, 6.07) is 6.13. The predicted molar refractivity (Wildman–Crippen MR) is 63.9 cm³/mol. The van der Waals surface area contributed by atoms with Crippen LogP contribution < -0.4 is 5.73 Å². The normalized spacial score (nSPS) is 10.4. The highest BCUT2D eigenvalue weighted by atomic mass is 15.2. The fraction of sp³-hybridized carbons (Fsp3) is 0.250. The molecule has 0 bridgehead atoms. The van der Waals surface area contributed by atoms with Crippen LogP contribution in [-0.2, 0) is 0 Å². The van der Waals surface area contributed by atoms with E-state index in [2.05, 4.69) is 28.2 Å². The van der Waals surface area contributed by atoms with E-state index in [1.165, 1.54) is 5.56 Å². The Morgan fingerprint density at radius 2 is 1.81 bits per heavy atom. The van der Waals surface area contributed by atoms with Crippen molar-refractivity contribution in [1.82, 2.24) is 15.2 Å². The van der Waals surface area contributed by atoms with Crippen LogP contribution in [0.3, 0.4) is 0 Å². The van der Waals surface area contributed by atoms with E-state index in [0.29, 0.717) is 17.3 Å². The molecule has 4 heteroatoms. The fourth-order valence-electron chi connectivity index (χ4n) is 1.69. The fourth-order valence-corrected chi connectivity index (χ4v) is 1.69. The molecule has 82 valence electrons. The van der Waals surface area contributed by atoms with Gasteiger partial charge < -0.3 is 5.73 Å². The second-order valence-corrected chi connectivity index (χ2v) is 3.91. The SMILES string of the molecule is Cc1ccc(-c2nnc(C)nc2N)c(C)c1. The monoisotopic (exact) mass is 214 g/mol. The van der Waals surface area contributed by atoms with Gasteiger partial charge >= 0.3 is 0 Å². The number of rotatable bonds is 1. The van der Waals surface area contributed by atoms with Crippen molar-refractivity contribution < 1.29 is 0 Å². The van der Waals surface area contributed by atoms with Gasteiger partial charge in [0.25, 0.3) is 0 Å². The molecule has 0 atom stereocenters.